The van der Waals surface area contributed by atoms with E-state index in [0.717, 1.165) is 0 Å². The Morgan fingerprint density at radius 1 is 1.50 bits per heavy atom. The number of rotatable bonds is 3. The number of benzene rings is 1. The normalized spacial score (nSPS) is 9.92. The van der Waals surface area contributed by atoms with E-state index in [-0.39, 0.29) is 11.6 Å². The van der Waals surface area contributed by atoms with Crippen molar-refractivity contribution in [1.29, 1.82) is 0 Å². The van der Waals surface area contributed by atoms with E-state index in [1.807, 2.05) is 0 Å². The van der Waals surface area contributed by atoms with Crippen LogP contribution >= 0.6 is 15.9 Å². The molecule has 2 nitrogen and oxygen atoms in total. The Hall–Kier alpha value is -0.610. The van der Waals surface area contributed by atoms with E-state index in [4.69, 9.17) is 10.5 Å². The number of ether oxygens (including phenoxy) is 1. The lowest BCUT2D eigenvalue weighted by molar-refractivity contribution is 0.311. The largest absolute Gasteiger partial charge is 0.489 e. The highest BCUT2D eigenvalue weighted by Gasteiger charge is 2.02. The van der Waals surface area contributed by atoms with Crippen LogP contribution in [0.15, 0.2) is 22.7 Å². The Kier molecular flexibility index (Phi) is 3.49. The van der Waals surface area contributed by atoms with Crippen molar-refractivity contribution >= 4 is 15.9 Å². The third kappa shape index (κ3) is 2.46. The van der Waals surface area contributed by atoms with Crippen LogP contribution < -0.4 is 10.5 Å². The van der Waals surface area contributed by atoms with Gasteiger partial charge in [0.2, 0.25) is 0 Å². The van der Waals surface area contributed by atoms with Gasteiger partial charge in [0.25, 0.3) is 0 Å². The molecule has 0 spiro atoms. The average Bonchev–Trinajstić information content (AvgIpc) is 2.03. The van der Waals surface area contributed by atoms with Gasteiger partial charge in [-0.3, -0.25) is 0 Å². The molecule has 0 saturated heterocycles. The van der Waals surface area contributed by atoms with Gasteiger partial charge in [-0.1, -0.05) is 15.9 Å². The second kappa shape index (κ2) is 4.42. The average molecular weight is 234 g/mol. The van der Waals surface area contributed by atoms with Gasteiger partial charge in [0.15, 0.2) is 11.6 Å². The summed E-state index contributed by atoms with van der Waals surface area (Å²) in [6.07, 6.45) is 0. The third-order valence-electron chi connectivity index (χ3n) is 1.27. The predicted molar refractivity (Wildman–Crippen MR) is 48.6 cm³/mol. The molecule has 0 bridgehead atoms. The molecule has 0 aliphatic carbocycles. The zero-order valence-corrected chi connectivity index (χ0v) is 7.97. The Morgan fingerprint density at radius 3 is 2.83 bits per heavy atom. The quantitative estimate of drug-likeness (QED) is 0.867. The molecule has 0 radical (unpaired) electrons. The van der Waals surface area contributed by atoms with Gasteiger partial charge in [0.05, 0.1) is 0 Å². The van der Waals surface area contributed by atoms with E-state index in [9.17, 15) is 4.39 Å². The number of hydrogen-bond donors (Lipinski definition) is 1. The van der Waals surface area contributed by atoms with Crippen molar-refractivity contribution in [2.24, 2.45) is 5.73 Å². The molecule has 0 aliphatic heterocycles. The van der Waals surface area contributed by atoms with Crippen molar-refractivity contribution < 1.29 is 9.13 Å². The lowest BCUT2D eigenvalue weighted by atomic mass is 10.3. The van der Waals surface area contributed by atoms with Crippen LogP contribution in [0.3, 0.4) is 0 Å². The molecule has 0 unspecified atom stereocenters. The molecule has 66 valence electrons. The van der Waals surface area contributed by atoms with Crippen molar-refractivity contribution in [2.45, 2.75) is 0 Å². The predicted octanol–water partition coefficient (Wildman–Crippen LogP) is 1.93. The van der Waals surface area contributed by atoms with Crippen LogP contribution in [0.25, 0.3) is 0 Å². The maximum Gasteiger partial charge on any atom is 0.166 e. The lowest BCUT2D eigenvalue weighted by Crippen LogP contribution is -2.11. The molecule has 2 N–H and O–H groups in total. The number of halogens is 2. The van der Waals surface area contributed by atoms with Crippen molar-refractivity contribution in [1.82, 2.24) is 0 Å². The molecular formula is C8H9BrFNO. The maximum atomic E-state index is 13.0. The Bertz CT molecular complexity index is 267. The van der Waals surface area contributed by atoms with Gasteiger partial charge in [-0.2, -0.15) is 0 Å². The highest BCUT2D eigenvalue weighted by molar-refractivity contribution is 9.10. The molecule has 4 heteroatoms. The molecule has 0 fully saturated rings. The molecule has 1 aromatic carbocycles. The fourth-order valence-electron chi connectivity index (χ4n) is 0.761. The van der Waals surface area contributed by atoms with Gasteiger partial charge in [0.1, 0.15) is 6.61 Å². The summed E-state index contributed by atoms with van der Waals surface area (Å²) in [5.74, 6) is -0.138. The van der Waals surface area contributed by atoms with Crippen LogP contribution in [-0.4, -0.2) is 13.2 Å². The van der Waals surface area contributed by atoms with E-state index in [1.165, 1.54) is 6.07 Å². The smallest absolute Gasteiger partial charge is 0.166 e. The summed E-state index contributed by atoms with van der Waals surface area (Å²) in [4.78, 5) is 0. The lowest BCUT2D eigenvalue weighted by Gasteiger charge is -2.04. The minimum absolute atomic E-state index is 0.239. The first kappa shape index (κ1) is 9.48. The molecule has 12 heavy (non-hydrogen) atoms. The molecular weight excluding hydrogens is 225 g/mol. The Balaban J connectivity index is 2.72. The van der Waals surface area contributed by atoms with Crippen LogP contribution in [0.2, 0.25) is 0 Å². The highest BCUT2D eigenvalue weighted by Crippen LogP contribution is 2.20. The van der Waals surface area contributed by atoms with Crippen molar-refractivity contribution in [3.8, 4) is 5.75 Å². The zero-order valence-electron chi connectivity index (χ0n) is 6.39. The summed E-state index contributed by atoms with van der Waals surface area (Å²) in [5, 5.41) is 0. The van der Waals surface area contributed by atoms with Crippen molar-refractivity contribution in [2.75, 3.05) is 13.2 Å². The topological polar surface area (TPSA) is 35.2 Å². The minimum atomic E-state index is -0.377. The van der Waals surface area contributed by atoms with Gasteiger partial charge in [-0.05, 0) is 18.2 Å². The summed E-state index contributed by atoms with van der Waals surface area (Å²) in [5.41, 5.74) is 5.20. The van der Waals surface area contributed by atoms with Gasteiger partial charge in [-0.15, -0.1) is 0 Å². The van der Waals surface area contributed by atoms with E-state index < -0.39 is 0 Å². The fourth-order valence-corrected chi connectivity index (χ4v) is 1.09. The second-order valence-corrected chi connectivity index (χ2v) is 3.13. The molecule has 1 rings (SSSR count). The van der Waals surface area contributed by atoms with Gasteiger partial charge in [0, 0.05) is 11.0 Å². The highest BCUT2D eigenvalue weighted by atomic mass is 79.9. The first-order valence-electron chi connectivity index (χ1n) is 3.52. The molecule has 0 aliphatic rings. The molecule has 0 heterocycles. The molecule has 1 aromatic rings. The van der Waals surface area contributed by atoms with Crippen LogP contribution in [0.1, 0.15) is 0 Å². The molecule has 0 atom stereocenters. The Morgan fingerprint density at radius 2 is 2.25 bits per heavy atom. The second-order valence-electron chi connectivity index (χ2n) is 2.21. The molecule has 0 saturated carbocycles. The van der Waals surface area contributed by atoms with Crippen LogP contribution in [0.4, 0.5) is 4.39 Å². The van der Waals surface area contributed by atoms with E-state index in [2.05, 4.69) is 15.9 Å². The van der Waals surface area contributed by atoms with Crippen molar-refractivity contribution in [3.63, 3.8) is 0 Å². The van der Waals surface area contributed by atoms with E-state index >= 15 is 0 Å². The monoisotopic (exact) mass is 233 g/mol. The summed E-state index contributed by atoms with van der Waals surface area (Å²) in [6, 6.07) is 4.63. The van der Waals surface area contributed by atoms with Gasteiger partial charge >= 0.3 is 0 Å². The summed E-state index contributed by atoms with van der Waals surface area (Å²) in [7, 11) is 0. The van der Waals surface area contributed by atoms with E-state index in [1.54, 1.807) is 12.1 Å². The fraction of sp³-hybridized carbons (Fsp3) is 0.250. The van der Waals surface area contributed by atoms with Crippen LogP contribution in [0.5, 0.6) is 5.75 Å². The summed E-state index contributed by atoms with van der Waals surface area (Å²) in [6.45, 7) is 0.716. The van der Waals surface area contributed by atoms with Crippen molar-refractivity contribution in [3.05, 3.63) is 28.5 Å². The van der Waals surface area contributed by atoms with Gasteiger partial charge < -0.3 is 10.5 Å². The third-order valence-corrected chi connectivity index (χ3v) is 1.76. The first-order chi connectivity index (χ1) is 5.74. The first-order valence-corrected chi connectivity index (χ1v) is 4.31. The van der Waals surface area contributed by atoms with Crippen LogP contribution in [-0.2, 0) is 0 Å². The Labute approximate surface area is 78.6 Å². The van der Waals surface area contributed by atoms with E-state index in [0.29, 0.717) is 17.6 Å². The molecule has 0 aromatic heterocycles. The maximum absolute atomic E-state index is 13.0. The number of nitrogens with two attached hydrogens (primary N) is 1. The van der Waals surface area contributed by atoms with Crippen LogP contribution in [0, 0.1) is 5.82 Å². The molecule has 0 amide bonds. The zero-order chi connectivity index (χ0) is 8.97. The summed E-state index contributed by atoms with van der Waals surface area (Å²) < 4.78 is 18.7. The SMILES string of the molecule is NCCOc1ccc(Br)cc1F. The standard InChI is InChI=1S/C8H9BrFNO/c9-6-1-2-8(7(10)5-6)12-4-3-11/h1-2,5H,3-4,11H2. The number of hydrogen-bond acceptors (Lipinski definition) is 2. The minimum Gasteiger partial charge on any atom is -0.489 e. The summed E-state index contributed by atoms with van der Waals surface area (Å²) >= 11 is 3.14. The van der Waals surface area contributed by atoms with Gasteiger partial charge in [-0.25, -0.2) is 4.39 Å².